The van der Waals surface area contributed by atoms with E-state index in [1.165, 1.54) is 36.5 Å². The van der Waals surface area contributed by atoms with Gasteiger partial charge in [0, 0.05) is 51.5 Å². The summed E-state index contributed by atoms with van der Waals surface area (Å²) in [5.41, 5.74) is 11.8. The zero-order valence-electron chi connectivity index (χ0n) is 45.7. The maximum Gasteiger partial charge on any atom is 0.305 e. The van der Waals surface area contributed by atoms with E-state index in [-0.39, 0.29) is 22.0 Å². The van der Waals surface area contributed by atoms with E-state index in [0.717, 1.165) is 113 Å². The molecular formula is C60H83BrN2O6Si2. The molecule has 0 aliphatic rings. The number of esters is 2. The van der Waals surface area contributed by atoms with E-state index in [0.29, 0.717) is 12.8 Å². The number of aromatic nitrogens is 2. The predicted octanol–water partition coefficient (Wildman–Crippen LogP) is 16.3. The molecule has 11 heteroatoms. The fourth-order valence-corrected chi connectivity index (χ4v) is 9.91. The van der Waals surface area contributed by atoms with E-state index < -0.39 is 16.6 Å². The Morgan fingerprint density at radius 3 is 1.30 bits per heavy atom. The van der Waals surface area contributed by atoms with Crippen LogP contribution in [-0.2, 0) is 50.1 Å². The van der Waals surface area contributed by atoms with Crippen LogP contribution >= 0.6 is 15.9 Å². The van der Waals surface area contributed by atoms with Gasteiger partial charge in [0.25, 0.3) is 16.6 Å². The van der Waals surface area contributed by atoms with E-state index in [2.05, 4.69) is 205 Å². The van der Waals surface area contributed by atoms with Crippen LogP contribution in [0.1, 0.15) is 125 Å². The molecule has 0 radical (unpaired) electrons. The Morgan fingerprint density at radius 1 is 0.507 bits per heavy atom. The highest BCUT2D eigenvalue weighted by molar-refractivity contribution is 9.08. The lowest BCUT2D eigenvalue weighted by molar-refractivity contribution is -0.141. The maximum absolute atomic E-state index is 11.3. The number of benzene rings is 4. The molecule has 6 rings (SSSR count). The van der Waals surface area contributed by atoms with Gasteiger partial charge in [0.2, 0.25) is 0 Å². The van der Waals surface area contributed by atoms with Gasteiger partial charge >= 0.3 is 11.9 Å². The number of carbonyl (C=O) groups is 2. The molecule has 0 aliphatic heterocycles. The number of halogens is 1. The third-order valence-electron chi connectivity index (χ3n) is 14.3. The molecule has 2 heterocycles. The lowest BCUT2D eigenvalue weighted by atomic mass is 10.0. The molecule has 4 aromatic carbocycles. The summed E-state index contributed by atoms with van der Waals surface area (Å²) in [5, 5.41) is 3.45. The van der Waals surface area contributed by atoms with E-state index in [4.69, 9.17) is 18.6 Å². The maximum atomic E-state index is 11.3. The van der Waals surface area contributed by atoms with Crippen LogP contribution in [0.5, 0.6) is 11.5 Å². The molecule has 0 N–H and O–H groups in total. The van der Waals surface area contributed by atoms with Crippen LogP contribution in [0.25, 0.3) is 21.8 Å². The molecule has 0 saturated heterocycles. The number of alkyl halides is 1. The van der Waals surface area contributed by atoms with Crippen LogP contribution in [0.15, 0.2) is 97.1 Å². The van der Waals surface area contributed by atoms with Gasteiger partial charge in [0.05, 0.1) is 25.3 Å². The number of ether oxygens (including phenoxy) is 2. The molecule has 0 unspecified atom stereocenters. The van der Waals surface area contributed by atoms with Crippen LogP contribution in [0.2, 0.25) is 36.3 Å². The van der Waals surface area contributed by atoms with E-state index in [1.54, 1.807) is 0 Å². The first-order valence-electron chi connectivity index (χ1n) is 25.4. The summed E-state index contributed by atoms with van der Waals surface area (Å²) in [5.74, 6) is 1.80. The Morgan fingerprint density at radius 2 is 0.887 bits per heavy atom. The molecule has 0 fully saturated rings. The molecule has 0 atom stereocenters. The average molecular weight is 1060 g/mol. The van der Waals surface area contributed by atoms with Crippen molar-refractivity contribution >= 4 is 66.3 Å². The number of pyridine rings is 2. The van der Waals surface area contributed by atoms with Crippen molar-refractivity contribution in [2.24, 2.45) is 0 Å². The van der Waals surface area contributed by atoms with Crippen molar-refractivity contribution in [1.82, 2.24) is 9.97 Å². The van der Waals surface area contributed by atoms with Gasteiger partial charge in [0.15, 0.2) is 0 Å². The number of para-hydroxylation sites is 2. The van der Waals surface area contributed by atoms with E-state index in [1.807, 2.05) is 6.07 Å². The molecule has 0 spiro atoms. The second-order valence-corrected chi connectivity index (χ2v) is 31.8. The smallest absolute Gasteiger partial charge is 0.305 e. The summed E-state index contributed by atoms with van der Waals surface area (Å²) in [4.78, 5) is 31.8. The van der Waals surface area contributed by atoms with Gasteiger partial charge in [-0.15, -0.1) is 0 Å². The molecule has 0 aliphatic carbocycles. The minimum Gasteiger partial charge on any atom is -0.543 e. The van der Waals surface area contributed by atoms with Crippen molar-refractivity contribution < 1.29 is 27.9 Å². The summed E-state index contributed by atoms with van der Waals surface area (Å²) in [6, 6.07) is 34.0. The number of carbonyl (C=O) groups excluding carboxylic acids is 2. The minimum absolute atomic E-state index is 0.116. The number of unbranched alkanes of at least 4 members (excludes halogenated alkanes) is 2. The van der Waals surface area contributed by atoms with Crippen LogP contribution in [0.4, 0.5) is 0 Å². The number of methoxy groups -OCH3 is 2. The Labute approximate surface area is 437 Å². The SMILES string of the molecule is COC(=O)CCCCc1ccc(CBr)cc1.COC(=O)CCCCc1ccc(CCc2nc3ccccc3c(O[Si](C)(C)C(C)(C)C)c2C)cc1.Cc1nc2ccccc2c(O[Si](C)(C)C(C)(C)C)c1C. The van der Waals surface area contributed by atoms with Gasteiger partial charge in [-0.2, -0.15) is 0 Å². The van der Waals surface area contributed by atoms with Crippen molar-refractivity contribution in [3.63, 3.8) is 0 Å². The van der Waals surface area contributed by atoms with Crippen molar-refractivity contribution in [2.45, 2.75) is 168 Å². The Hall–Kier alpha value is -4.85. The number of hydrogen-bond donors (Lipinski definition) is 0. The number of nitrogens with zero attached hydrogens (tertiary/aromatic N) is 2. The first-order chi connectivity index (χ1) is 33.4. The van der Waals surface area contributed by atoms with Gasteiger partial charge in [0.1, 0.15) is 11.5 Å². The average Bonchev–Trinajstić information content (AvgIpc) is 3.33. The number of rotatable bonds is 18. The van der Waals surface area contributed by atoms with Crippen molar-refractivity contribution in [1.29, 1.82) is 0 Å². The molecular weight excluding hydrogens is 981 g/mol. The number of aryl methyl sites for hydroxylation is 5. The molecule has 384 valence electrons. The zero-order valence-corrected chi connectivity index (χ0v) is 49.3. The highest BCUT2D eigenvalue weighted by Gasteiger charge is 2.41. The highest BCUT2D eigenvalue weighted by atomic mass is 79.9. The standard InChI is InChI=1S/C30H41NO3Si.C17H25NOSi.C13H17BrO2/c1-22-26(21-20-24-18-16-23(17-19-24)12-8-11-15-28(32)33-5)31-27-14-10-9-13-25(27)29(22)34-35(6,7)30(2,3)4;1-12-13(2)18-15-11-9-8-10-14(15)16(12)19-20(6,7)17(3,4)5;1-16-13(15)5-3-2-4-11-6-8-12(10-14)9-7-11/h9-10,13-14,16-19H,8,11-12,15,20-21H2,1-7H3;8-11H,1-7H3;6-9H,2-5,10H2,1H3. The largest absolute Gasteiger partial charge is 0.543 e. The quantitative estimate of drug-likeness (QED) is 0.0363. The monoisotopic (exact) mass is 1060 g/mol. The molecule has 0 saturated carbocycles. The molecule has 6 aromatic rings. The predicted molar refractivity (Wildman–Crippen MR) is 305 cm³/mol. The summed E-state index contributed by atoms with van der Waals surface area (Å²) < 4.78 is 22.7. The third kappa shape index (κ3) is 17.4. The summed E-state index contributed by atoms with van der Waals surface area (Å²) >= 11 is 3.42. The fraction of sp³-hybridized carbons (Fsp3) is 0.467. The van der Waals surface area contributed by atoms with Crippen molar-refractivity contribution in [3.05, 3.63) is 142 Å². The van der Waals surface area contributed by atoms with E-state index >= 15 is 0 Å². The van der Waals surface area contributed by atoms with Gasteiger partial charge in [-0.1, -0.05) is 130 Å². The zero-order chi connectivity index (χ0) is 52.6. The number of fused-ring (bicyclic) bond motifs is 2. The van der Waals surface area contributed by atoms with Crippen molar-refractivity contribution in [3.8, 4) is 11.5 Å². The lowest BCUT2D eigenvalue weighted by Gasteiger charge is -2.37. The van der Waals surface area contributed by atoms with Gasteiger partial charge < -0.3 is 18.3 Å². The summed E-state index contributed by atoms with van der Waals surface area (Å²) in [6.45, 7) is 29.2. The first-order valence-corrected chi connectivity index (χ1v) is 32.3. The fourth-order valence-electron chi connectivity index (χ4n) is 7.37. The van der Waals surface area contributed by atoms with Crippen LogP contribution in [0, 0.1) is 20.8 Å². The lowest BCUT2D eigenvalue weighted by Crippen LogP contribution is -2.44. The van der Waals surface area contributed by atoms with Gasteiger partial charge in [-0.05, 0) is 155 Å². The number of hydrogen-bond acceptors (Lipinski definition) is 8. The third-order valence-corrected chi connectivity index (χ3v) is 23.6. The van der Waals surface area contributed by atoms with Crippen LogP contribution in [-0.4, -0.2) is 52.8 Å². The Bertz CT molecular complexity index is 2650. The first kappa shape index (κ1) is 58.7. The van der Waals surface area contributed by atoms with E-state index in [9.17, 15) is 9.59 Å². The topological polar surface area (TPSA) is 96.8 Å². The molecule has 71 heavy (non-hydrogen) atoms. The minimum atomic E-state index is -1.99. The molecule has 0 amide bonds. The normalized spacial score (nSPS) is 11.8. The highest BCUT2D eigenvalue weighted by Crippen LogP contribution is 2.42. The molecule has 8 nitrogen and oxygen atoms in total. The van der Waals surface area contributed by atoms with Crippen LogP contribution in [0.3, 0.4) is 0 Å². The molecule has 0 bridgehead atoms. The van der Waals surface area contributed by atoms with Crippen LogP contribution < -0.4 is 8.85 Å². The second kappa shape index (κ2) is 26.7. The Balaban J connectivity index is 0.000000256. The van der Waals surface area contributed by atoms with Gasteiger partial charge in [-0.3, -0.25) is 19.6 Å². The summed E-state index contributed by atoms with van der Waals surface area (Å²) in [6.07, 6.45) is 8.62. The molecule has 2 aromatic heterocycles. The second-order valence-electron chi connectivity index (χ2n) is 21.8. The van der Waals surface area contributed by atoms with Crippen molar-refractivity contribution in [2.75, 3.05) is 14.2 Å². The van der Waals surface area contributed by atoms with Gasteiger partial charge in [-0.25, -0.2) is 0 Å². The summed E-state index contributed by atoms with van der Waals surface area (Å²) in [7, 11) is -0.957. The Kier molecular flexibility index (Phi) is 22.1.